The van der Waals surface area contributed by atoms with Crippen molar-refractivity contribution in [3.63, 3.8) is 0 Å². The van der Waals surface area contributed by atoms with Gasteiger partial charge in [0.15, 0.2) is 0 Å². The molecular formula is C20H30O. The van der Waals surface area contributed by atoms with Crippen LogP contribution < -0.4 is 0 Å². The number of rotatable bonds is 3. The van der Waals surface area contributed by atoms with E-state index in [0.29, 0.717) is 11.8 Å². The van der Waals surface area contributed by atoms with Crippen LogP contribution >= 0.6 is 0 Å². The minimum atomic E-state index is -0.446. The van der Waals surface area contributed by atoms with Crippen LogP contribution in [0, 0.1) is 11.8 Å². The lowest BCUT2D eigenvalue weighted by Gasteiger charge is -2.48. The maximum atomic E-state index is 11.6. The average Bonchev–Trinajstić information content (AvgIpc) is 2.56. The van der Waals surface area contributed by atoms with E-state index in [2.05, 4.69) is 37.3 Å². The van der Waals surface area contributed by atoms with Gasteiger partial charge in [0, 0.05) is 5.92 Å². The third kappa shape index (κ3) is 3.04. The summed E-state index contributed by atoms with van der Waals surface area (Å²) in [7, 11) is 0. The van der Waals surface area contributed by atoms with Gasteiger partial charge < -0.3 is 5.11 Å². The van der Waals surface area contributed by atoms with Gasteiger partial charge in [-0.3, -0.25) is 0 Å². The van der Waals surface area contributed by atoms with E-state index in [0.717, 1.165) is 18.8 Å². The highest BCUT2D eigenvalue weighted by Crippen LogP contribution is 2.50. The van der Waals surface area contributed by atoms with Gasteiger partial charge in [-0.25, -0.2) is 0 Å². The molecule has 3 rings (SSSR count). The quantitative estimate of drug-likeness (QED) is 0.800. The third-order valence-electron chi connectivity index (χ3n) is 6.26. The Morgan fingerprint density at radius 3 is 2.38 bits per heavy atom. The Labute approximate surface area is 129 Å². The van der Waals surface area contributed by atoms with E-state index in [9.17, 15) is 5.11 Å². The number of benzene rings is 1. The van der Waals surface area contributed by atoms with E-state index in [-0.39, 0.29) is 0 Å². The second-order valence-electron chi connectivity index (χ2n) is 7.33. The van der Waals surface area contributed by atoms with Crippen LogP contribution in [0.1, 0.15) is 76.2 Å². The van der Waals surface area contributed by atoms with Gasteiger partial charge in [0.25, 0.3) is 0 Å². The van der Waals surface area contributed by atoms with Crippen LogP contribution in [0.15, 0.2) is 30.3 Å². The second kappa shape index (κ2) is 6.52. The topological polar surface area (TPSA) is 20.2 Å². The molecule has 0 bridgehead atoms. The minimum Gasteiger partial charge on any atom is -0.389 e. The molecule has 116 valence electrons. The van der Waals surface area contributed by atoms with Gasteiger partial charge >= 0.3 is 0 Å². The maximum Gasteiger partial charge on any atom is 0.0743 e. The lowest BCUT2D eigenvalue weighted by molar-refractivity contribution is -0.0824. The smallest absolute Gasteiger partial charge is 0.0743 e. The molecule has 21 heavy (non-hydrogen) atoms. The molecule has 1 aromatic rings. The summed E-state index contributed by atoms with van der Waals surface area (Å²) in [5, 5.41) is 11.6. The molecule has 0 amide bonds. The van der Waals surface area contributed by atoms with Gasteiger partial charge in [-0.2, -0.15) is 0 Å². The summed E-state index contributed by atoms with van der Waals surface area (Å²) in [6.45, 7) is 2.31. The van der Waals surface area contributed by atoms with Crippen molar-refractivity contribution in [2.24, 2.45) is 11.8 Å². The van der Waals surface area contributed by atoms with Crippen molar-refractivity contribution in [2.75, 3.05) is 0 Å². The van der Waals surface area contributed by atoms with Crippen molar-refractivity contribution in [1.82, 2.24) is 0 Å². The van der Waals surface area contributed by atoms with Gasteiger partial charge in [-0.05, 0) is 43.1 Å². The van der Waals surface area contributed by atoms with Gasteiger partial charge in [-0.15, -0.1) is 0 Å². The molecule has 0 aromatic heterocycles. The summed E-state index contributed by atoms with van der Waals surface area (Å²) in [6.07, 6.45) is 11.1. The fraction of sp³-hybridized carbons (Fsp3) is 0.700. The predicted molar refractivity (Wildman–Crippen MR) is 88.3 cm³/mol. The Morgan fingerprint density at radius 1 is 1.00 bits per heavy atom. The van der Waals surface area contributed by atoms with E-state index in [1.54, 1.807) is 0 Å². The summed E-state index contributed by atoms with van der Waals surface area (Å²) < 4.78 is 0. The Morgan fingerprint density at radius 2 is 1.71 bits per heavy atom. The highest BCUT2D eigenvalue weighted by molar-refractivity contribution is 5.24. The van der Waals surface area contributed by atoms with Crippen molar-refractivity contribution < 1.29 is 5.11 Å². The van der Waals surface area contributed by atoms with E-state index in [1.807, 2.05) is 0 Å². The van der Waals surface area contributed by atoms with E-state index in [1.165, 1.54) is 50.5 Å². The lowest BCUT2D eigenvalue weighted by Crippen LogP contribution is -2.47. The largest absolute Gasteiger partial charge is 0.389 e. The monoisotopic (exact) mass is 286 g/mol. The van der Waals surface area contributed by atoms with Gasteiger partial charge in [0.2, 0.25) is 0 Å². The lowest BCUT2D eigenvalue weighted by atomic mass is 9.61. The van der Waals surface area contributed by atoms with E-state index in [4.69, 9.17) is 0 Å². The molecule has 1 N–H and O–H groups in total. The van der Waals surface area contributed by atoms with Crippen molar-refractivity contribution in [3.8, 4) is 0 Å². The Bertz CT molecular complexity index is 432. The summed E-state index contributed by atoms with van der Waals surface area (Å²) in [6, 6.07) is 10.8. The summed E-state index contributed by atoms with van der Waals surface area (Å²) in [4.78, 5) is 0. The van der Waals surface area contributed by atoms with Crippen molar-refractivity contribution >= 4 is 0 Å². The van der Waals surface area contributed by atoms with Gasteiger partial charge in [-0.1, -0.05) is 69.4 Å². The second-order valence-corrected chi connectivity index (χ2v) is 7.33. The first-order valence-corrected chi connectivity index (χ1v) is 9.01. The van der Waals surface area contributed by atoms with E-state index < -0.39 is 5.60 Å². The molecule has 1 nitrogen and oxygen atoms in total. The van der Waals surface area contributed by atoms with Crippen LogP contribution in [0.25, 0.3) is 0 Å². The molecule has 2 atom stereocenters. The molecule has 2 aliphatic carbocycles. The predicted octanol–water partition coefficient (Wildman–Crippen LogP) is 5.29. The zero-order valence-corrected chi connectivity index (χ0v) is 13.4. The molecule has 2 saturated carbocycles. The highest BCUT2D eigenvalue weighted by atomic mass is 16.3. The molecule has 0 radical (unpaired) electrons. The van der Waals surface area contributed by atoms with Gasteiger partial charge in [0.05, 0.1) is 5.60 Å². The standard InChI is InChI=1S/C20H30O/c1-2-16-11-13-18(14-12-16)20(21)15-7-6-10-19(20)17-8-4-3-5-9-17/h3-5,8-9,16,18-19,21H,2,6-7,10-15H2,1H3. The average molecular weight is 286 g/mol. The SMILES string of the molecule is CCC1CCC(C2(O)CCCCC2c2ccccc2)CC1. The third-order valence-corrected chi connectivity index (χ3v) is 6.26. The number of aliphatic hydroxyl groups is 1. The fourth-order valence-corrected chi connectivity index (χ4v) is 4.88. The fourth-order valence-electron chi connectivity index (χ4n) is 4.88. The van der Waals surface area contributed by atoms with Crippen LogP contribution in [0.3, 0.4) is 0 Å². The summed E-state index contributed by atoms with van der Waals surface area (Å²) in [5.74, 6) is 1.78. The van der Waals surface area contributed by atoms with E-state index >= 15 is 0 Å². The first kappa shape index (κ1) is 15.1. The molecule has 0 saturated heterocycles. The van der Waals surface area contributed by atoms with Crippen molar-refractivity contribution in [2.45, 2.75) is 76.2 Å². The number of hydrogen-bond donors (Lipinski definition) is 1. The Kier molecular flexibility index (Phi) is 4.69. The van der Waals surface area contributed by atoms with Gasteiger partial charge in [0.1, 0.15) is 0 Å². The molecule has 1 heteroatoms. The van der Waals surface area contributed by atoms with Crippen molar-refractivity contribution in [3.05, 3.63) is 35.9 Å². The maximum absolute atomic E-state index is 11.6. The van der Waals surface area contributed by atoms with Crippen LogP contribution in [-0.2, 0) is 0 Å². The molecule has 0 spiro atoms. The molecule has 2 aliphatic rings. The van der Waals surface area contributed by atoms with Crippen LogP contribution in [0.4, 0.5) is 0 Å². The summed E-state index contributed by atoms with van der Waals surface area (Å²) in [5.41, 5.74) is 0.913. The molecule has 1 aromatic carbocycles. The van der Waals surface area contributed by atoms with Crippen LogP contribution in [0.2, 0.25) is 0 Å². The van der Waals surface area contributed by atoms with Crippen LogP contribution in [0.5, 0.6) is 0 Å². The zero-order valence-electron chi connectivity index (χ0n) is 13.4. The highest BCUT2D eigenvalue weighted by Gasteiger charge is 2.46. The molecule has 2 unspecified atom stereocenters. The first-order chi connectivity index (χ1) is 10.2. The molecule has 0 aliphatic heterocycles. The zero-order chi connectivity index (χ0) is 14.7. The molecule has 2 fully saturated rings. The normalized spacial score (nSPS) is 37.3. The Balaban J connectivity index is 1.79. The van der Waals surface area contributed by atoms with Crippen LogP contribution in [-0.4, -0.2) is 10.7 Å². The molecule has 0 heterocycles. The summed E-state index contributed by atoms with van der Waals surface area (Å²) >= 11 is 0. The number of hydrogen-bond acceptors (Lipinski definition) is 1. The van der Waals surface area contributed by atoms with Crippen molar-refractivity contribution in [1.29, 1.82) is 0 Å². The Hall–Kier alpha value is -0.820. The molecular weight excluding hydrogens is 256 g/mol. The minimum absolute atomic E-state index is 0.357. The first-order valence-electron chi connectivity index (χ1n) is 9.01.